The van der Waals surface area contributed by atoms with E-state index in [4.69, 9.17) is 0 Å². The molecule has 1 aromatic rings. The molecule has 130 valence electrons. The Labute approximate surface area is 141 Å². The van der Waals surface area contributed by atoms with Gasteiger partial charge < -0.3 is 20.1 Å². The summed E-state index contributed by atoms with van der Waals surface area (Å²) in [5, 5.41) is 12.0. The summed E-state index contributed by atoms with van der Waals surface area (Å²) in [5.41, 5.74) is 0.861. The van der Waals surface area contributed by atoms with Gasteiger partial charge in [0, 0.05) is 25.4 Å². The van der Waals surface area contributed by atoms with Crippen LogP contribution in [0.4, 0.5) is 0 Å². The van der Waals surface area contributed by atoms with Crippen molar-refractivity contribution in [3.63, 3.8) is 0 Å². The highest BCUT2D eigenvalue weighted by Crippen LogP contribution is 2.16. The van der Waals surface area contributed by atoms with Gasteiger partial charge >= 0.3 is 0 Å². The number of benzene rings is 1. The zero-order chi connectivity index (χ0) is 17.5. The topological polar surface area (TPSA) is 86.7 Å². The van der Waals surface area contributed by atoms with E-state index in [1.807, 2.05) is 0 Å². The number of Topliss-reactive ketones (excluding diaryl/α,β-unsaturated/α-hetero) is 1. The summed E-state index contributed by atoms with van der Waals surface area (Å²) in [5.74, 6) is -0.793. The van der Waals surface area contributed by atoms with Crippen molar-refractivity contribution in [2.24, 2.45) is 5.92 Å². The Morgan fingerprint density at radius 3 is 2.38 bits per heavy atom. The van der Waals surface area contributed by atoms with Gasteiger partial charge in [0.25, 0.3) is 0 Å². The number of hydrogen-bond acceptors (Lipinski definition) is 4. The van der Waals surface area contributed by atoms with Crippen LogP contribution in [0.1, 0.15) is 31.7 Å². The zero-order valence-electron chi connectivity index (χ0n) is 14.0. The minimum Gasteiger partial charge on any atom is -0.508 e. The molecule has 0 spiro atoms. The van der Waals surface area contributed by atoms with Crippen molar-refractivity contribution in [3.05, 3.63) is 29.8 Å². The number of ketones is 1. The summed E-state index contributed by atoms with van der Waals surface area (Å²) in [6.45, 7) is 2.92. The van der Waals surface area contributed by atoms with E-state index in [0.29, 0.717) is 6.42 Å². The maximum atomic E-state index is 12.4. The van der Waals surface area contributed by atoms with E-state index >= 15 is 0 Å². The molecule has 24 heavy (non-hydrogen) atoms. The fraction of sp³-hybridized carbons (Fsp3) is 0.500. The molecule has 6 nitrogen and oxygen atoms in total. The standard InChI is InChI=1S/C18H24N2O4/c1-13(21)10-15(11-14-4-6-16(22)7-5-14)18(24)19-12-17(23)20-8-2-3-9-20/h4-7,15,22H,2-3,8-12H2,1H3,(H,19,24)/t15-/m0/s1. The third-order valence-electron chi connectivity index (χ3n) is 4.20. The molecule has 1 atom stereocenters. The minimum atomic E-state index is -0.515. The molecule has 1 aliphatic heterocycles. The second kappa shape index (κ2) is 8.47. The number of aromatic hydroxyl groups is 1. The third-order valence-corrected chi connectivity index (χ3v) is 4.20. The molecule has 2 N–H and O–H groups in total. The second-order valence-electron chi connectivity index (χ2n) is 6.28. The van der Waals surface area contributed by atoms with Gasteiger partial charge in [-0.25, -0.2) is 0 Å². The lowest BCUT2D eigenvalue weighted by Crippen LogP contribution is -2.41. The number of likely N-dealkylation sites (tertiary alicyclic amines) is 1. The van der Waals surface area contributed by atoms with Gasteiger partial charge in [-0.1, -0.05) is 12.1 Å². The quantitative estimate of drug-likeness (QED) is 0.787. The van der Waals surface area contributed by atoms with Crippen molar-refractivity contribution >= 4 is 17.6 Å². The van der Waals surface area contributed by atoms with Gasteiger partial charge in [-0.05, 0) is 43.9 Å². The lowest BCUT2D eigenvalue weighted by Gasteiger charge is -2.18. The van der Waals surface area contributed by atoms with Crippen molar-refractivity contribution in [2.75, 3.05) is 19.6 Å². The van der Waals surface area contributed by atoms with E-state index in [0.717, 1.165) is 31.5 Å². The van der Waals surface area contributed by atoms with E-state index in [1.54, 1.807) is 29.2 Å². The summed E-state index contributed by atoms with van der Waals surface area (Å²) in [4.78, 5) is 37.6. The highest BCUT2D eigenvalue weighted by molar-refractivity contribution is 5.89. The van der Waals surface area contributed by atoms with Crippen LogP contribution in [0.5, 0.6) is 5.75 Å². The Bertz CT molecular complexity index is 592. The van der Waals surface area contributed by atoms with Crippen LogP contribution in [-0.4, -0.2) is 47.2 Å². The van der Waals surface area contributed by atoms with Crippen LogP contribution in [0, 0.1) is 5.92 Å². The van der Waals surface area contributed by atoms with Crippen LogP contribution in [0.2, 0.25) is 0 Å². The molecule has 1 aromatic carbocycles. The smallest absolute Gasteiger partial charge is 0.241 e. The average molecular weight is 332 g/mol. The molecule has 0 bridgehead atoms. The Balaban J connectivity index is 1.92. The lowest BCUT2D eigenvalue weighted by atomic mass is 9.93. The predicted octanol–water partition coefficient (Wildman–Crippen LogP) is 1.27. The van der Waals surface area contributed by atoms with Crippen molar-refractivity contribution in [3.8, 4) is 5.75 Å². The molecule has 0 unspecified atom stereocenters. The van der Waals surface area contributed by atoms with Crippen LogP contribution in [0.15, 0.2) is 24.3 Å². The summed E-state index contributed by atoms with van der Waals surface area (Å²) >= 11 is 0. The first kappa shape index (κ1) is 18.0. The van der Waals surface area contributed by atoms with Gasteiger partial charge in [-0.3, -0.25) is 9.59 Å². The van der Waals surface area contributed by atoms with Crippen LogP contribution in [0.3, 0.4) is 0 Å². The Hall–Kier alpha value is -2.37. The third kappa shape index (κ3) is 5.37. The molecule has 0 aromatic heterocycles. The Morgan fingerprint density at radius 1 is 1.17 bits per heavy atom. The van der Waals surface area contributed by atoms with Crippen LogP contribution in [0.25, 0.3) is 0 Å². The maximum absolute atomic E-state index is 12.4. The molecule has 0 saturated carbocycles. The molecule has 1 saturated heterocycles. The molecular formula is C18H24N2O4. The van der Waals surface area contributed by atoms with Gasteiger partial charge in [-0.2, -0.15) is 0 Å². The average Bonchev–Trinajstić information content (AvgIpc) is 3.08. The molecule has 2 amide bonds. The van der Waals surface area contributed by atoms with Gasteiger partial charge in [0.15, 0.2) is 0 Å². The number of nitrogens with zero attached hydrogens (tertiary/aromatic N) is 1. The van der Waals surface area contributed by atoms with E-state index < -0.39 is 5.92 Å². The summed E-state index contributed by atoms with van der Waals surface area (Å²) in [6, 6.07) is 6.56. The van der Waals surface area contributed by atoms with Crippen molar-refractivity contribution < 1.29 is 19.5 Å². The van der Waals surface area contributed by atoms with Gasteiger partial charge in [0.05, 0.1) is 6.54 Å². The first-order valence-corrected chi connectivity index (χ1v) is 8.28. The molecule has 0 aliphatic carbocycles. The largest absolute Gasteiger partial charge is 0.508 e. The van der Waals surface area contributed by atoms with E-state index in [-0.39, 0.29) is 36.3 Å². The zero-order valence-corrected chi connectivity index (χ0v) is 14.0. The number of phenolic OH excluding ortho intramolecular Hbond substituents is 1. The number of nitrogens with one attached hydrogen (secondary N) is 1. The number of rotatable bonds is 7. The molecule has 1 heterocycles. The number of phenols is 1. The van der Waals surface area contributed by atoms with E-state index in [2.05, 4.69) is 5.32 Å². The predicted molar refractivity (Wildman–Crippen MR) is 89.4 cm³/mol. The van der Waals surface area contributed by atoms with Gasteiger partial charge in [-0.15, -0.1) is 0 Å². The molecule has 0 radical (unpaired) electrons. The first-order valence-electron chi connectivity index (χ1n) is 8.28. The molecule has 1 fully saturated rings. The summed E-state index contributed by atoms with van der Waals surface area (Å²) in [7, 11) is 0. The number of hydrogen-bond donors (Lipinski definition) is 2. The maximum Gasteiger partial charge on any atom is 0.241 e. The van der Waals surface area contributed by atoms with Gasteiger partial charge in [0.1, 0.15) is 11.5 Å². The monoisotopic (exact) mass is 332 g/mol. The van der Waals surface area contributed by atoms with Crippen LogP contribution < -0.4 is 5.32 Å². The number of carbonyl (C=O) groups is 3. The normalized spacial score (nSPS) is 15.1. The SMILES string of the molecule is CC(=O)C[C@@H](Cc1ccc(O)cc1)C(=O)NCC(=O)N1CCCC1. The molecule has 1 aliphatic rings. The van der Waals surface area contributed by atoms with Gasteiger partial charge in [0.2, 0.25) is 11.8 Å². The minimum absolute atomic E-state index is 0.0250. The fourth-order valence-corrected chi connectivity index (χ4v) is 2.91. The lowest BCUT2D eigenvalue weighted by molar-refractivity contribution is -0.133. The highest BCUT2D eigenvalue weighted by Gasteiger charge is 2.23. The fourth-order valence-electron chi connectivity index (χ4n) is 2.91. The molecule has 2 rings (SSSR count). The summed E-state index contributed by atoms with van der Waals surface area (Å²) < 4.78 is 0. The van der Waals surface area contributed by atoms with Crippen LogP contribution >= 0.6 is 0 Å². The van der Waals surface area contributed by atoms with E-state index in [9.17, 15) is 19.5 Å². The molecular weight excluding hydrogens is 308 g/mol. The number of carbonyl (C=O) groups excluding carboxylic acids is 3. The first-order chi connectivity index (χ1) is 11.5. The highest BCUT2D eigenvalue weighted by atomic mass is 16.3. The van der Waals surface area contributed by atoms with Crippen molar-refractivity contribution in [1.82, 2.24) is 10.2 Å². The second-order valence-corrected chi connectivity index (χ2v) is 6.28. The Morgan fingerprint density at radius 2 is 1.79 bits per heavy atom. The van der Waals surface area contributed by atoms with E-state index in [1.165, 1.54) is 6.92 Å². The van der Waals surface area contributed by atoms with Crippen molar-refractivity contribution in [1.29, 1.82) is 0 Å². The molecule has 6 heteroatoms. The van der Waals surface area contributed by atoms with Crippen molar-refractivity contribution in [2.45, 2.75) is 32.6 Å². The summed E-state index contributed by atoms with van der Waals surface area (Å²) in [6.07, 6.45) is 2.54. The number of amides is 2. The van der Waals surface area contributed by atoms with Crippen LogP contribution in [-0.2, 0) is 20.8 Å². The Kier molecular flexibility index (Phi) is 6.35.